The third kappa shape index (κ3) is 6.75. The second-order valence-electron chi connectivity index (χ2n) is 6.07. The van der Waals surface area contributed by atoms with Crippen molar-refractivity contribution in [2.75, 3.05) is 20.2 Å². The summed E-state index contributed by atoms with van der Waals surface area (Å²) in [4.78, 5) is 35.9. The maximum atomic E-state index is 12.1. The molecule has 0 heterocycles. The first-order valence-electron chi connectivity index (χ1n) is 8.93. The molecule has 0 radical (unpaired) electrons. The highest BCUT2D eigenvalue weighted by Gasteiger charge is 2.18. The van der Waals surface area contributed by atoms with E-state index in [4.69, 9.17) is 9.47 Å². The van der Waals surface area contributed by atoms with Gasteiger partial charge in [-0.15, -0.1) is 0 Å². The Kier molecular flexibility index (Phi) is 8.02. The number of rotatable bonds is 9. The molecule has 0 spiro atoms. The number of carbonyl (C=O) groups is 3. The van der Waals surface area contributed by atoms with Crippen LogP contribution in [0.2, 0.25) is 0 Å². The predicted octanol–water partition coefficient (Wildman–Crippen LogP) is 1.72. The highest BCUT2D eigenvalue weighted by molar-refractivity contribution is 5.96. The van der Waals surface area contributed by atoms with Crippen LogP contribution in [0.3, 0.4) is 0 Å². The average molecular weight is 384 g/mol. The molecule has 0 aliphatic rings. The van der Waals surface area contributed by atoms with Crippen molar-refractivity contribution < 1.29 is 23.9 Å². The lowest BCUT2D eigenvalue weighted by atomic mass is 10.1. The van der Waals surface area contributed by atoms with Gasteiger partial charge in [-0.2, -0.15) is 0 Å². The quantitative estimate of drug-likeness (QED) is 0.642. The Hall–Kier alpha value is -3.35. The fourth-order valence-electron chi connectivity index (χ4n) is 2.43. The molecule has 0 saturated carbocycles. The number of amides is 2. The van der Waals surface area contributed by atoms with Crippen LogP contribution < -0.4 is 15.4 Å². The molecular weight excluding hydrogens is 360 g/mol. The van der Waals surface area contributed by atoms with E-state index >= 15 is 0 Å². The van der Waals surface area contributed by atoms with Gasteiger partial charge in [-0.25, -0.2) is 0 Å². The third-order valence-corrected chi connectivity index (χ3v) is 3.96. The number of nitrogens with one attached hydrogen (secondary N) is 2. The van der Waals surface area contributed by atoms with Crippen molar-refractivity contribution in [2.24, 2.45) is 0 Å². The van der Waals surface area contributed by atoms with Crippen molar-refractivity contribution in [2.45, 2.75) is 19.4 Å². The van der Waals surface area contributed by atoms with Crippen LogP contribution in [0.15, 0.2) is 54.6 Å². The number of benzene rings is 2. The van der Waals surface area contributed by atoms with Gasteiger partial charge in [0.15, 0.2) is 6.10 Å². The maximum absolute atomic E-state index is 12.1. The minimum absolute atomic E-state index is 0.336. The standard InChI is InChI=1S/C21H24N2O5/c1-15(20(25)22-12-11-16-7-4-3-5-8-16)28-19(24)14-23-21(26)17-9-6-10-18(13-17)27-2/h3-10,13,15H,11-12,14H2,1-2H3,(H,22,25)(H,23,26). The third-order valence-electron chi connectivity index (χ3n) is 3.96. The summed E-state index contributed by atoms with van der Waals surface area (Å²) >= 11 is 0. The molecule has 0 aliphatic heterocycles. The molecule has 1 atom stereocenters. The zero-order valence-corrected chi connectivity index (χ0v) is 15.9. The lowest BCUT2D eigenvalue weighted by Gasteiger charge is -2.14. The summed E-state index contributed by atoms with van der Waals surface area (Å²) in [7, 11) is 1.50. The van der Waals surface area contributed by atoms with Gasteiger partial charge < -0.3 is 20.1 Å². The second-order valence-corrected chi connectivity index (χ2v) is 6.07. The Balaban J connectivity index is 1.70. The van der Waals surface area contributed by atoms with Gasteiger partial charge in [-0.1, -0.05) is 36.4 Å². The zero-order valence-electron chi connectivity index (χ0n) is 15.9. The van der Waals surface area contributed by atoms with E-state index in [-0.39, 0.29) is 12.5 Å². The molecule has 2 aromatic carbocycles. The molecule has 2 rings (SSSR count). The van der Waals surface area contributed by atoms with Crippen molar-refractivity contribution in [1.82, 2.24) is 10.6 Å². The van der Waals surface area contributed by atoms with Gasteiger partial charge in [0.1, 0.15) is 12.3 Å². The normalized spacial score (nSPS) is 11.2. The molecule has 0 aliphatic carbocycles. The number of methoxy groups -OCH3 is 1. The van der Waals surface area contributed by atoms with E-state index in [9.17, 15) is 14.4 Å². The monoisotopic (exact) mass is 384 g/mol. The van der Waals surface area contributed by atoms with E-state index in [0.717, 1.165) is 5.56 Å². The molecule has 2 N–H and O–H groups in total. The van der Waals surface area contributed by atoms with Crippen LogP contribution in [0.5, 0.6) is 5.75 Å². The minimum atomic E-state index is -0.947. The van der Waals surface area contributed by atoms with E-state index in [1.54, 1.807) is 24.3 Å². The average Bonchev–Trinajstić information content (AvgIpc) is 2.72. The lowest BCUT2D eigenvalue weighted by molar-refractivity contribution is -0.153. The van der Waals surface area contributed by atoms with Crippen LogP contribution >= 0.6 is 0 Å². The second kappa shape index (κ2) is 10.7. The fourth-order valence-corrected chi connectivity index (χ4v) is 2.43. The molecular formula is C21H24N2O5. The van der Waals surface area contributed by atoms with Gasteiger partial charge in [0, 0.05) is 12.1 Å². The molecule has 7 heteroatoms. The summed E-state index contributed by atoms with van der Waals surface area (Å²) < 4.78 is 10.1. The Morgan fingerprint density at radius 3 is 2.46 bits per heavy atom. The Morgan fingerprint density at radius 2 is 1.75 bits per heavy atom. The van der Waals surface area contributed by atoms with Crippen LogP contribution in [0.4, 0.5) is 0 Å². The molecule has 1 unspecified atom stereocenters. The van der Waals surface area contributed by atoms with E-state index in [0.29, 0.717) is 24.3 Å². The van der Waals surface area contributed by atoms with Crippen molar-refractivity contribution in [1.29, 1.82) is 0 Å². The molecule has 0 saturated heterocycles. The van der Waals surface area contributed by atoms with Crippen molar-refractivity contribution in [3.63, 3.8) is 0 Å². The van der Waals surface area contributed by atoms with Gasteiger partial charge in [-0.3, -0.25) is 14.4 Å². The van der Waals surface area contributed by atoms with Crippen LogP contribution in [-0.4, -0.2) is 44.1 Å². The van der Waals surface area contributed by atoms with Crippen molar-refractivity contribution in [3.8, 4) is 5.75 Å². The fraction of sp³-hybridized carbons (Fsp3) is 0.286. The first-order valence-corrected chi connectivity index (χ1v) is 8.93. The molecule has 0 bridgehead atoms. The predicted molar refractivity (Wildman–Crippen MR) is 104 cm³/mol. The van der Waals surface area contributed by atoms with Gasteiger partial charge >= 0.3 is 5.97 Å². The topological polar surface area (TPSA) is 93.7 Å². The first kappa shape index (κ1) is 21.0. The minimum Gasteiger partial charge on any atom is -0.497 e. The Labute approximate surface area is 164 Å². The van der Waals surface area contributed by atoms with Gasteiger partial charge in [-0.05, 0) is 37.1 Å². The summed E-state index contributed by atoms with van der Waals surface area (Å²) in [6, 6.07) is 16.3. The van der Waals surface area contributed by atoms with Crippen LogP contribution in [0.1, 0.15) is 22.8 Å². The highest BCUT2D eigenvalue weighted by atomic mass is 16.5. The summed E-state index contributed by atoms with van der Waals surface area (Å²) in [5.74, 6) is -0.975. The molecule has 7 nitrogen and oxygen atoms in total. The lowest BCUT2D eigenvalue weighted by Crippen LogP contribution is -2.39. The first-order chi connectivity index (χ1) is 13.5. The van der Waals surface area contributed by atoms with Crippen LogP contribution in [0, 0.1) is 0 Å². The largest absolute Gasteiger partial charge is 0.497 e. The number of hydrogen-bond donors (Lipinski definition) is 2. The number of hydrogen-bond acceptors (Lipinski definition) is 5. The summed E-state index contributed by atoms with van der Waals surface area (Å²) in [5.41, 5.74) is 1.46. The molecule has 148 valence electrons. The van der Waals surface area contributed by atoms with Gasteiger partial charge in [0.2, 0.25) is 0 Å². The number of ether oxygens (including phenoxy) is 2. The zero-order chi connectivity index (χ0) is 20.4. The summed E-state index contributed by atoms with van der Waals surface area (Å²) in [5, 5.41) is 5.18. The molecule has 2 aromatic rings. The van der Waals surface area contributed by atoms with Crippen molar-refractivity contribution in [3.05, 3.63) is 65.7 Å². The summed E-state index contributed by atoms with van der Waals surface area (Å²) in [6.45, 7) is 1.59. The van der Waals surface area contributed by atoms with Gasteiger partial charge in [0.25, 0.3) is 11.8 Å². The Morgan fingerprint density at radius 1 is 1.00 bits per heavy atom. The number of esters is 1. The molecule has 28 heavy (non-hydrogen) atoms. The molecule has 2 amide bonds. The summed E-state index contributed by atoms with van der Waals surface area (Å²) in [6.07, 6.45) is -0.263. The van der Waals surface area contributed by atoms with E-state index in [1.807, 2.05) is 30.3 Å². The molecule has 0 fully saturated rings. The van der Waals surface area contributed by atoms with Crippen LogP contribution in [0.25, 0.3) is 0 Å². The van der Waals surface area contributed by atoms with Gasteiger partial charge in [0.05, 0.1) is 7.11 Å². The molecule has 0 aromatic heterocycles. The smallest absolute Gasteiger partial charge is 0.326 e. The highest BCUT2D eigenvalue weighted by Crippen LogP contribution is 2.12. The van der Waals surface area contributed by atoms with E-state index in [1.165, 1.54) is 14.0 Å². The number of carbonyl (C=O) groups excluding carboxylic acids is 3. The van der Waals surface area contributed by atoms with E-state index < -0.39 is 18.0 Å². The van der Waals surface area contributed by atoms with E-state index in [2.05, 4.69) is 10.6 Å². The van der Waals surface area contributed by atoms with Crippen LogP contribution in [-0.2, 0) is 20.7 Å². The van der Waals surface area contributed by atoms with Crippen molar-refractivity contribution >= 4 is 17.8 Å². The Bertz CT molecular complexity index is 807. The maximum Gasteiger partial charge on any atom is 0.326 e. The SMILES string of the molecule is COc1cccc(C(=O)NCC(=O)OC(C)C(=O)NCCc2ccccc2)c1.